The van der Waals surface area contributed by atoms with Crippen LogP contribution in [0.2, 0.25) is 0 Å². The van der Waals surface area contributed by atoms with Crippen molar-refractivity contribution in [2.24, 2.45) is 0 Å². The Hall–Kier alpha value is -2.21. The largest absolute Gasteiger partial charge is 0.495 e. The SMILES string of the molecule is COc1c(C(F)F)cnc(CC#N)c1C#N. The lowest BCUT2D eigenvalue weighted by molar-refractivity contribution is 0.146. The maximum atomic E-state index is 12.6. The molecule has 0 bridgehead atoms. The van der Waals surface area contributed by atoms with Gasteiger partial charge < -0.3 is 4.74 Å². The molecule has 1 aromatic heterocycles. The average molecular weight is 223 g/mol. The van der Waals surface area contributed by atoms with Crippen molar-refractivity contribution >= 4 is 0 Å². The van der Waals surface area contributed by atoms with Gasteiger partial charge in [0.1, 0.15) is 17.4 Å². The Balaban J connectivity index is 3.42. The molecular formula is C10H7F2N3O. The first-order valence-corrected chi connectivity index (χ1v) is 4.26. The standard InChI is InChI=1S/C10H7F2N3O/c1-16-9-6(4-14)8(2-3-13)15-5-7(9)10(11)12/h5,10H,2H2,1H3. The molecule has 1 aromatic rings. The van der Waals surface area contributed by atoms with Crippen LogP contribution in [0, 0.1) is 22.7 Å². The number of hydrogen-bond acceptors (Lipinski definition) is 4. The van der Waals surface area contributed by atoms with Crippen LogP contribution in [-0.2, 0) is 6.42 Å². The zero-order valence-corrected chi connectivity index (χ0v) is 8.37. The molecule has 0 aliphatic heterocycles. The van der Waals surface area contributed by atoms with Crippen LogP contribution in [-0.4, -0.2) is 12.1 Å². The van der Waals surface area contributed by atoms with Crippen molar-refractivity contribution in [2.75, 3.05) is 7.11 Å². The van der Waals surface area contributed by atoms with Gasteiger partial charge in [-0.1, -0.05) is 0 Å². The molecule has 0 spiro atoms. The number of rotatable bonds is 3. The minimum atomic E-state index is -2.77. The summed E-state index contributed by atoms with van der Waals surface area (Å²) in [6.45, 7) is 0. The van der Waals surface area contributed by atoms with Crippen LogP contribution in [0.5, 0.6) is 5.75 Å². The van der Waals surface area contributed by atoms with Crippen molar-refractivity contribution in [3.05, 3.63) is 23.0 Å². The van der Waals surface area contributed by atoms with Gasteiger partial charge in [-0.25, -0.2) is 8.78 Å². The van der Waals surface area contributed by atoms with Gasteiger partial charge in [-0.3, -0.25) is 4.98 Å². The van der Waals surface area contributed by atoms with Crippen molar-refractivity contribution in [1.29, 1.82) is 10.5 Å². The highest BCUT2D eigenvalue weighted by Gasteiger charge is 2.20. The Labute approximate surface area is 90.7 Å². The third-order valence-corrected chi connectivity index (χ3v) is 1.93. The van der Waals surface area contributed by atoms with E-state index in [0.29, 0.717) is 0 Å². The lowest BCUT2D eigenvalue weighted by Gasteiger charge is -2.10. The number of ether oxygens (including phenoxy) is 1. The van der Waals surface area contributed by atoms with Gasteiger partial charge in [-0.15, -0.1) is 0 Å². The molecule has 82 valence electrons. The maximum Gasteiger partial charge on any atom is 0.268 e. The van der Waals surface area contributed by atoms with Crippen molar-refractivity contribution in [3.8, 4) is 17.9 Å². The van der Waals surface area contributed by atoms with E-state index in [1.807, 2.05) is 0 Å². The van der Waals surface area contributed by atoms with E-state index in [0.717, 1.165) is 6.20 Å². The zero-order valence-electron chi connectivity index (χ0n) is 8.37. The topological polar surface area (TPSA) is 69.7 Å². The summed E-state index contributed by atoms with van der Waals surface area (Å²) in [5.74, 6) is -0.210. The number of methoxy groups -OCH3 is 1. The summed E-state index contributed by atoms with van der Waals surface area (Å²) in [6, 6.07) is 3.53. The third-order valence-electron chi connectivity index (χ3n) is 1.93. The zero-order chi connectivity index (χ0) is 12.1. The molecule has 0 amide bonds. The molecule has 4 nitrogen and oxygen atoms in total. The van der Waals surface area contributed by atoms with E-state index >= 15 is 0 Å². The Kier molecular flexibility index (Phi) is 3.73. The van der Waals surface area contributed by atoms with Crippen LogP contribution >= 0.6 is 0 Å². The molecule has 0 saturated carbocycles. The van der Waals surface area contributed by atoms with E-state index in [4.69, 9.17) is 15.3 Å². The van der Waals surface area contributed by atoms with Crippen LogP contribution in [0.25, 0.3) is 0 Å². The van der Waals surface area contributed by atoms with Crippen LogP contribution in [0.1, 0.15) is 23.2 Å². The molecule has 0 aliphatic carbocycles. The van der Waals surface area contributed by atoms with Crippen molar-refractivity contribution < 1.29 is 13.5 Å². The Morgan fingerprint density at radius 3 is 2.62 bits per heavy atom. The molecule has 0 unspecified atom stereocenters. The molecular weight excluding hydrogens is 216 g/mol. The summed E-state index contributed by atoms with van der Waals surface area (Å²) in [5, 5.41) is 17.3. The molecule has 6 heteroatoms. The second-order valence-corrected chi connectivity index (χ2v) is 2.82. The van der Waals surface area contributed by atoms with Gasteiger partial charge in [0, 0.05) is 6.20 Å². The van der Waals surface area contributed by atoms with Gasteiger partial charge in [0.05, 0.1) is 30.9 Å². The van der Waals surface area contributed by atoms with Gasteiger partial charge >= 0.3 is 0 Å². The molecule has 1 heterocycles. The molecule has 0 radical (unpaired) electrons. The average Bonchev–Trinajstić information content (AvgIpc) is 2.28. The molecule has 1 rings (SSSR count). The van der Waals surface area contributed by atoms with Gasteiger partial charge in [-0.2, -0.15) is 10.5 Å². The first kappa shape index (κ1) is 11.9. The Morgan fingerprint density at radius 1 is 1.50 bits per heavy atom. The molecule has 0 fully saturated rings. The van der Waals surface area contributed by atoms with Crippen LogP contribution in [0.4, 0.5) is 8.78 Å². The maximum absolute atomic E-state index is 12.6. The first-order chi connectivity index (χ1) is 7.65. The van der Waals surface area contributed by atoms with Crippen LogP contribution < -0.4 is 4.74 Å². The fraction of sp³-hybridized carbons (Fsp3) is 0.300. The van der Waals surface area contributed by atoms with E-state index in [2.05, 4.69) is 4.98 Å². The normalized spacial score (nSPS) is 9.62. The monoisotopic (exact) mass is 223 g/mol. The van der Waals surface area contributed by atoms with Crippen molar-refractivity contribution in [1.82, 2.24) is 4.98 Å². The molecule has 0 aromatic carbocycles. The summed E-state index contributed by atoms with van der Waals surface area (Å²) in [5.41, 5.74) is -0.408. The minimum absolute atomic E-state index is 0.109. The number of nitriles is 2. The third kappa shape index (κ3) is 2.06. The first-order valence-electron chi connectivity index (χ1n) is 4.26. The van der Waals surface area contributed by atoms with Crippen LogP contribution in [0.15, 0.2) is 6.20 Å². The summed E-state index contributed by atoms with van der Waals surface area (Å²) in [6.07, 6.45) is -1.97. The number of halogens is 2. The van der Waals surface area contributed by atoms with E-state index in [9.17, 15) is 8.78 Å². The summed E-state index contributed by atoms with van der Waals surface area (Å²) < 4.78 is 29.9. The molecule has 0 aliphatic rings. The van der Waals surface area contributed by atoms with E-state index in [1.165, 1.54) is 7.11 Å². The van der Waals surface area contributed by atoms with E-state index in [1.54, 1.807) is 12.1 Å². The van der Waals surface area contributed by atoms with Gasteiger partial charge in [-0.05, 0) is 0 Å². The summed E-state index contributed by atoms with van der Waals surface area (Å²) in [4.78, 5) is 3.66. The predicted octanol–water partition coefficient (Wildman–Crippen LogP) is 1.97. The Bertz CT molecular complexity index is 474. The second-order valence-electron chi connectivity index (χ2n) is 2.82. The van der Waals surface area contributed by atoms with Gasteiger partial charge in [0.15, 0.2) is 0 Å². The van der Waals surface area contributed by atoms with E-state index < -0.39 is 12.0 Å². The van der Waals surface area contributed by atoms with Crippen LogP contribution in [0.3, 0.4) is 0 Å². The molecule has 0 saturated heterocycles. The molecule has 0 atom stereocenters. The highest BCUT2D eigenvalue weighted by Crippen LogP contribution is 2.32. The number of alkyl halides is 2. The van der Waals surface area contributed by atoms with Gasteiger partial charge in [0.2, 0.25) is 0 Å². The smallest absolute Gasteiger partial charge is 0.268 e. The van der Waals surface area contributed by atoms with Gasteiger partial charge in [0.25, 0.3) is 6.43 Å². The van der Waals surface area contributed by atoms with Crippen molar-refractivity contribution in [3.63, 3.8) is 0 Å². The fourth-order valence-corrected chi connectivity index (χ4v) is 1.25. The summed E-state index contributed by atoms with van der Waals surface area (Å²) >= 11 is 0. The molecule has 16 heavy (non-hydrogen) atoms. The highest BCUT2D eigenvalue weighted by atomic mass is 19.3. The quantitative estimate of drug-likeness (QED) is 0.785. The summed E-state index contributed by atoms with van der Waals surface area (Å²) in [7, 11) is 1.19. The Morgan fingerprint density at radius 2 is 2.19 bits per heavy atom. The number of nitrogens with zero attached hydrogens (tertiary/aromatic N) is 3. The number of hydrogen-bond donors (Lipinski definition) is 0. The highest BCUT2D eigenvalue weighted by molar-refractivity contribution is 5.51. The van der Waals surface area contributed by atoms with Crippen molar-refractivity contribution in [2.45, 2.75) is 12.8 Å². The lowest BCUT2D eigenvalue weighted by atomic mass is 10.1. The minimum Gasteiger partial charge on any atom is -0.495 e. The second kappa shape index (κ2) is 5.04. The fourth-order valence-electron chi connectivity index (χ4n) is 1.25. The lowest BCUT2D eigenvalue weighted by Crippen LogP contribution is -2.02. The molecule has 0 N–H and O–H groups in total. The number of pyridine rings is 1. The predicted molar refractivity (Wildman–Crippen MR) is 49.8 cm³/mol. The number of aromatic nitrogens is 1. The van der Waals surface area contributed by atoms with E-state index in [-0.39, 0.29) is 23.4 Å².